The van der Waals surface area contributed by atoms with Gasteiger partial charge in [0, 0.05) is 46.3 Å². The quantitative estimate of drug-likeness (QED) is 0.146. The highest BCUT2D eigenvalue weighted by molar-refractivity contribution is 6.31. The Kier molecular flexibility index (Phi) is 11.2. The second kappa shape index (κ2) is 16.1. The lowest BCUT2D eigenvalue weighted by Gasteiger charge is -2.47. The molecule has 1 spiro atoms. The number of likely N-dealkylation sites (N-methyl/N-ethyl adjacent to an activating group) is 1. The van der Waals surface area contributed by atoms with Crippen LogP contribution in [-0.4, -0.2) is 59.4 Å². The summed E-state index contributed by atoms with van der Waals surface area (Å²) >= 11 is 12.6. The van der Waals surface area contributed by atoms with Gasteiger partial charge in [0.2, 0.25) is 0 Å². The van der Waals surface area contributed by atoms with Crippen molar-refractivity contribution in [1.29, 1.82) is 0 Å². The third kappa shape index (κ3) is 7.94. The molecule has 10 heteroatoms. The number of carboxylic acids is 1. The van der Waals surface area contributed by atoms with Crippen molar-refractivity contribution in [2.45, 2.75) is 101 Å². The van der Waals surface area contributed by atoms with E-state index >= 15 is 0 Å². The van der Waals surface area contributed by atoms with Crippen LogP contribution in [0.25, 0.3) is 0 Å². The average molecular weight is 799 g/mol. The minimum absolute atomic E-state index is 0.135. The molecule has 4 atom stereocenters. The van der Waals surface area contributed by atoms with Gasteiger partial charge in [-0.05, 0) is 153 Å². The molecule has 3 aliphatic carbocycles. The summed E-state index contributed by atoms with van der Waals surface area (Å²) in [6, 6.07) is 21.8. The summed E-state index contributed by atoms with van der Waals surface area (Å²) in [6.45, 7) is 7.12. The maximum atomic E-state index is 13.1. The zero-order chi connectivity index (χ0) is 39.0. The number of ether oxygens (including phenoxy) is 3. The molecule has 3 aromatic carbocycles. The van der Waals surface area contributed by atoms with E-state index in [2.05, 4.69) is 54.3 Å². The maximum absolute atomic E-state index is 13.1. The molecule has 1 aromatic heterocycles. The lowest BCUT2D eigenvalue weighted by atomic mass is 9.59. The highest BCUT2D eigenvalue weighted by Gasteiger charge is 2.54. The van der Waals surface area contributed by atoms with Crippen LogP contribution in [0.4, 0.5) is 5.69 Å². The molecule has 0 amide bonds. The highest BCUT2D eigenvalue weighted by Crippen LogP contribution is 2.58. The van der Waals surface area contributed by atoms with Crippen LogP contribution in [0.1, 0.15) is 92.7 Å². The van der Waals surface area contributed by atoms with E-state index in [1.54, 1.807) is 12.1 Å². The van der Waals surface area contributed by atoms with E-state index in [-0.39, 0.29) is 17.4 Å². The number of rotatable bonds is 12. The van der Waals surface area contributed by atoms with Crippen LogP contribution in [0.2, 0.25) is 10.0 Å². The number of carboxylic acid groups (broad SMARTS) is 1. The van der Waals surface area contributed by atoms with Crippen molar-refractivity contribution >= 4 is 34.9 Å². The number of carbonyl (C=O) groups is 1. The standard InChI is InChI=1S/C46H53Cl2N3O5/c1-29(27-54-40-13-18-49-39-12-4-7-30(2)43(39)40)19-33-21-32-22-41-42(56-37(28-55-41)26-51(3)25-31-8-5-9-34(47)20-31)24-38(32)45(33)14-16-46(17-15-45,44(52)53)50-36-11-6-10-35(48)23-36/h5-6,8-11,13,18,20,22-24,29-30,33,37,50H,4,7,12,14-17,19,21,25-28H2,1-3H3,(H,52,53)/t29-,30-,33+,37-,45?,46?/m1/s1. The van der Waals surface area contributed by atoms with Crippen molar-refractivity contribution in [2.24, 2.45) is 11.8 Å². The van der Waals surface area contributed by atoms with Gasteiger partial charge < -0.3 is 24.6 Å². The number of fused-ring (bicyclic) bond motifs is 4. The van der Waals surface area contributed by atoms with Crippen molar-refractivity contribution in [3.05, 3.63) is 111 Å². The van der Waals surface area contributed by atoms with Gasteiger partial charge in [-0.15, -0.1) is 0 Å². The first-order valence-electron chi connectivity index (χ1n) is 20.3. The Hall–Kier alpha value is -3.98. The van der Waals surface area contributed by atoms with Gasteiger partial charge >= 0.3 is 5.97 Å². The first-order chi connectivity index (χ1) is 27.0. The van der Waals surface area contributed by atoms with E-state index < -0.39 is 11.5 Å². The Morgan fingerprint density at radius 2 is 1.84 bits per heavy atom. The van der Waals surface area contributed by atoms with Crippen molar-refractivity contribution in [1.82, 2.24) is 9.88 Å². The summed E-state index contributed by atoms with van der Waals surface area (Å²) in [7, 11) is 2.09. The van der Waals surface area contributed by atoms with Crippen LogP contribution >= 0.6 is 23.2 Å². The maximum Gasteiger partial charge on any atom is 0.329 e. The number of anilines is 1. The van der Waals surface area contributed by atoms with Crippen LogP contribution in [-0.2, 0) is 29.6 Å². The van der Waals surface area contributed by atoms with Crippen LogP contribution in [0.5, 0.6) is 17.2 Å². The molecular weight excluding hydrogens is 745 g/mol. The lowest BCUT2D eigenvalue weighted by Crippen LogP contribution is -2.53. The number of hydrogen-bond donors (Lipinski definition) is 2. The van der Waals surface area contributed by atoms with E-state index in [0.717, 1.165) is 78.6 Å². The van der Waals surface area contributed by atoms with Gasteiger partial charge in [0.1, 0.15) is 24.0 Å². The van der Waals surface area contributed by atoms with Gasteiger partial charge in [-0.2, -0.15) is 0 Å². The fraction of sp³-hybridized carbons (Fsp3) is 0.478. The number of pyridine rings is 1. The van der Waals surface area contributed by atoms with Gasteiger partial charge in [0.15, 0.2) is 11.5 Å². The molecule has 1 aliphatic heterocycles. The number of nitrogens with zero attached hydrogens (tertiary/aromatic N) is 2. The predicted molar refractivity (Wildman–Crippen MR) is 222 cm³/mol. The van der Waals surface area contributed by atoms with E-state index in [0.29, 0.717) is 49.5 Å². The Morgan fingerprint density at radius 3 is 2.61 bits per heavy atom. The summed E-state index contributed by atoms with van der Waals surface area (Å²) in [5.41, 5.74) is 5.59. The van der Waals surface area contributed by atoms with E-state index in [1.165, 1.54) is 28.8 Å². The first kappa shape index (κ1) is 38.9. The number of halogens is 2. The summed E-state index contributed by atoms with van der Waals surface area (Å²) in [5.74, 6) is 2.75. The molecule has 2 N–H and O–H groups in total. The Morgan fingerprint density at radius 1 is 1.05 bits per heavy atom. The molecule has 0 unspecified atom stereocenters. The van der Waals surface area contributed by atoms with Crippen molar-refractivity contribution in [3.8, 4) is 17.2 Å². The van der Waals surface area contributed by atoms with Crippen LogP contribution in [0.3, 0.4) is 0 Å². The number of aromatic nitrogens is 1. The Bertz CT molecular complexity index is 2070. The van der Waals surface area contributed by atoms with E-state index in [1.807, 2.05) is 42.6 Å². The topological polar surface area (TPSA) is 93.2 Å². The van der Waals surface area contributed by atoms with Gasteiger partial charge in [0.05, 0.1) is 6.61 Å². The monoisotopic (exact) mass is 797 g/mol. The minimum Gasteiger partial charge on any atom is -0.493 e. The molecule has 0 radical (unpaired) electrons. The largest absolute Gasteiger partial charge is 0.493 e. The number of nitrogens with one attached hydrogen (secondary N) is 1. The van der Waals surface area contributed by atoms with Crippen molar-refractivity contribution in [3.63, 3.8) is 0 Å². The number of aryl methyl sites for hydroxylation is 1. The predicted octanol–water partition coefficient (Wildman–Crippen LogP) is 10.1. The minimum atomic E-state index is -1.10. The molecular formula is C46H53Cl2N3O5. The molecule has 8 rings (SSSR count). The summed E-state index contributed by atoms with van der Waals surface area (Å²) in [6.07, 6.45) is 9.42. The smallest absolute Gasteiger partial charge is 0.329 e. The second-order valence-corrected chi connectivity index (χ2v) is 17.9. The van der Waals surface area contributed by atoms with Crippen LogP contribution < -0.4 is 19.5 Å². The fourth-order valence-corrected chi connectivity index (χ4v) is 10.6. The van der Waals surface area contributed by atoms with E-state index in [4.69, 9.17) is 37.4 Å². The number of benzene rings is 3. The molecule has 0 saturated heterocycles. The number of aliphatic carboxylic acids is 1. The number of hydrogen-bond acceptors (Lipinski definition) is 7. The normalized spacial score (nSPS) is 25.7. The van der Waals surface area contributed by atoms with Crippen LogP contribution in [0.15, 0.2) is 72.9 Å². The molecule has 4 aliphatic rings. The third-order valence-corrected chi connectivity index (χ3v) is 13.4. The third-order valence-electron chi connectivity index (χ3n) is 12.9. The average Bonchev–Trinajstić information content (AvgIpc) is 3.44. The van der Waals surface area contributed by atoms with Crippen molar-refractivity contribution < 1.29 is 24.1 Å². The van der Waals surface area contributed by atoms with Gasteiger partial charge in [-0.3, -0.25) is 9.88 Å². The summed E-state index contributed by atoms with van der Waals surface area (Å²) in [4.78, 5) is 20.0. The fourth-order valence-electron chi connectivity index (χ4n) is 10.2. The Labute approximate surface area is 340 Å². The molecule has 296 valence electrons. The SMILES string of the molecule is C[C@@H](COc1ccnc2c1[C@H](C)CCC2)C[C@H]1Cc2cc3c(cc2C12CCC(Nc1cccc(Cl)c1)(C(=O)O)CC2)O[C@H](CN(C)Cc1cccc(Cl)c1)CO3. The second-order valence-electron chi connectivity index (χ2n) is 17.0. The first-order valence-corrected chi connectivity index (χ1v) is 21.0. The van der Waals surface area contributed by atoms with Gasteiger partial charge in [0.25, 0.3) is 0 Å². The van der Waals surface area contributed by atoms with Gasteiger partial charge in [-0.25, -0.2) is 4.79 Å². The zero-order valence-corrected chi connectivity index (χ0v) is 34.2. The van der Waals surface area contributed by atoms with E-state index in [9.17, 15) is 9.90 Å². The molecule has 2 heterocycles. The lowest BCUT2D eigenvalue weighted by molar-refractivity contribution is -0.144. The highest BCUT2D eigenvalue weighted by atomic mass is 35.5. The van der Waals surface area contributed by atoms with Crippen LogP contribution in [0, 0.1) is 11.8 Å². The zero-order valence-electron chi connectivity index (χ0n) is 32.7. The molecule has 4 aromatic rings. The molecule has 1 fully saturated rings. The summed E-state index contributed by atoms with van der Waals surface area (Å²) < 4.78 is 19.7. The molecule has 0 bridgehead atoms. The molecule has 56 heavy (non-hydrogen) atoms. The van der Waals surface area contributed by atoms with Crippen molar-refractivity contribution in [2.75, 3.05) is 32.1 Å². The van der Waals surface area contributed by atoms with Gasteiger partial charge in [-0.1, -0.05) is 55.2 Å². The molecule has 1 saturated carbocycles. The summed E-state index contributed by atoms with van der Waals surface area (Å²) in [5, 5.41) is 15.5. The Balaban J connectivity index is 1.03. The molecule has 8 nitrogen and oxygen atoms in total.